The average molecular weight is 436 g/mol. The number of phenols is 1. The van der Waals surface area contributed by atoms with Gasteiger partial charge in [-0.3, -0.25) is 0 Å². The average Bonchev–Trinajstić information content (AvgIpc) is 2.83. The van der Waals surface area contributed by atoms with Crippen molar-refractivity contribution >= 4 is 0 Å². The molecule has 0 unspecified atom stereocenters. The van der Waals surface area contributed by atoms with Gasteiger partial charge in [0.2, 0.25) is 0 Å². The van der Waals surface area contributed by atoms with E-state index in [1.165, 1.54) is 12.7 Å². The van der Waals surface area contributed by atoms with Crippen molar-refractivity contribution < 1.29 is 24.4 Å². The van der Waals surface area contributed by atoms with Gasteiger partial charge >= 0.3 is 0 Å². The third kappa shape index (κ3) is 4.52. The highest BCUT2D eigenvalue weighted by Gasteiger charge is 2.25. The van der Waals surface area contributed by atoms with E-state index in [9.17, 15) is 10.2 Å². The molecule has 0 bridgehead atoms. The summed E-state index contributed by atoms with van der Waals surface area (Å²) < 4.78 is 17.1. The lowest BCUT2D eigenvalue weighted by atomic mass is 9.88. The fourth-order valence-electron chi connectivity index (χ4n) is 4.31. The Morgan fingerprint density at radius 1 is 1.00 bits per heavy atom. The summed E-state index contributed by atoms with van der Waals surface area (Å²) in [5, 5.41) is 23.6. The molecular formula is C26H29NO5. The molecule has 0 amide bonds. The van der Waals surface area contributed by atoms with Crippen LogP contribution in [0, 0.1) is 0 Å². The number of methoxy groups -OCH3 is 2. The Balaban J connectivity index is 1.64. The fourth-order valence-corrected chi connectivity index (χ4v) is 4.31. The molecule has 3 aromatic rings. The van der Waals surface area contributed by atoms with E-state index >= 15 is 0 Å². The molecule has 0 spiro atoms. The van der Waals surface area contributed by atoms with E-state index in [1.807, 2.05) is 36.4 Å². The van der Waals surface area contributed by atoms with Crippen molar-refractivity contribution in [1.82, 2.24) is 5.32 Å². The van der Waals surface area contributed by atoms with Gasteiger partial charge in [-0.1, -0.05) is 36.4 Å². The Morgan fingerprint density at radius 2 is 1.81 bits per heavy atom. The van der Waals surface area contributed by atoms with E-state index in [0.717, 1.165) is 35.4 Å². The molecule has 4 rings (SSSR count). The van der Waals surface area contributed by atoms with Crippen molar-refractivity contribution in [2.24, 2.45) is 0 Å². The number of hydrogen-bond acceptors (Lipinski definition) is 6. The summed E-state index contributed by atoms with van der Waals surface area (Å²) in [7, 11) is 3.15. The van der Waals surface area contributed by atoms with Gasteiger partial charge in [0.15, 0.2) is 23.0 Å². The summed E-state index contributed by atoms with van der Waals surface area (Å²) in [4.78, 5) is 0. The molecular weight excluding hydrogens is 406 g/mol. The summed E-state index contributed by atoms with van der Waals surface area (Å²) in [6.07, 6.45) is 1.54. The standard InChI is InChI=1S/C26H29NO5/c1-30-24-13-19-10-11-27-22(12-18-8-9-23(29)26(31-2)21(18)15-28)20(19)14-25(24)32-16-17-6-4-3-5-7-17/h3-9,13-14,22,27-29H,10-12,15-16H2,1-2H3/t22-/m0/s1. The molecule has 6 nitrogen and oxygen atoms in total. The van der Waals surface area contributed by atoms with Gasteiger partial charge in [0, 0.05) is 11.6 Å². The van der Waals surface area contributed by atoms with Gasteiger partial charge in [-0.25, -0.2) is 0 Å². The van der Waals surface area contributed by atoms with Crippen molar-refractivity contribution in [2.75, 3.05) is 20.8 Å². The van der Waals surface area contributed by atoms with Crippen molar-refractivity contribution in [3.8, 4) is 23.0 Å². The predicted octanol–water partition coefficient (Wildman–Crippen LogP) is 3.91. The number of nitrogens with one attached hydrogen (secondary N) is 1. The summed E-state index contributed by atoms with van der Waals surface area (Å²) in [5.74, 6) is 1.78. The smallest absolute Gasteiger partial charge is 0.166 e. The van der Waals surface area contributed by atoms with E-state index in [-0.39, 0.29) is 18.4 Å². The fraction of sp³-hybridized carbons (Fsp3) is 0.308. The highest BCUT2D eigenvalue weighted by Crippen LogP contribution is 2.39. The Bertz CT molecular complexity index is 1070. The van der Waals surface area contributed by atoms with Crippen LogP contribution in [0.3, 0.4) is 0 Å². The van der Waals surface area contributed by atoms with Crippen LogP contribution in [0.2, 0.25) is 0 Å². The van der Waals surface area contributed by atoms with Gasteiger partial charge in [0.1, 0.15) is 6.61 Å². The minimum absolute atomic E-state index is 0.0265. The zero-order valence-corrected chi connectivity index (χ0v) is 18.4. The molecule has 0 saturated heterocycles. The SMILES string of the molecule is COc1cc2c(cc1OCc1ccccc1)[C@H](Cc1ccc(O)c(OC)c1CO)NCC2. The van der Waals surface area contributed by atoms with Crippen LogP contribution in [-0.2, 0) is 26.1 Å². The molecule has 0 saturated carbocycles. The van der Waals surface area contributed by atoms with Crippen LogP contribution in [-0.4, -0.2) is 31.0 Å². The number of aliphatic hydroxyl groups is 1. The monoisotopic (exact) mass is 435 g/mol. The molecule has 6 heteroatoms. The lowest BCUT2D eigenvalue weighted by Gasteiger charge is -2.29. The Kier molecular flexibility index (Phi) is 6.83. The first-order valence-corrected chi connectivity index (χ1v) is 10.7. The maximum Gasteiger partial charge on any atom is 0.166 e. The van der Waals surface area contributed by atoms with Gasteiger partial charge in [-0.05, 0) is 59.8 Å². The maximum atomic E-state index is 10.1. The molecule has 0 fully saturated rings. The van der Waals surface area contributed by atoms with Gasteiger partial charge in [-0.15, -0.1) is 0 Å². The lowest BCUT2D eigenvalue weighted by Crippen LogP contribution is -2.31. The summed E-state index contributed by atoms with van der Waals surface area (Å²) in [5.41, 5.74) is 4.99. The number of aromatic hydroxyl groups is 1. The first kappa shape index (κ1) is 22.0. The van der Waals surface area contributed by atoms with Crippen LogP contribution < -0.4 is 19.5 Å². The second-order valence-electron chi connectivity index (χ2n) is 7.85. The van der Waals surface area contributed by atoms with Gasteiger partial charge in [0.25, 0.3) is 0 Å². The van der Waals surface area contributed by atoms with Crippen LogP contribution in [0.25, 0.3) is 0 Å². The first-order chi connectivity index (χ1) is 15.6. The molecule has 3 N–H and O–H groups in total. The van der Waals surface area contributed by atoms with Gasteiger partial charge in [-0.2, -0.15) is 0 Å². The molecule has 0 aromatic heterocycles. The predicted molar refractivity (Wildman–Crippen MR) is 123 cm³/mol. The third-order valence-corrected chi connectivity index (χ3v) is 5.95. The molecule has 32 heavy (non-hydrogen) atoms. The third-order valence-electron chi connectivity index (χ3n) is 5.95. The molecule has 1 atom stereocenters. The molecule has 0 radical (unpaired) electrons. The van der Waals surface area contributed by atoms with Gasteiger partial charge in [0.05, 0.1) is 20.8 Å². The van der Waals surface area contributed by atoms with Crippen molar-refractivity contribution in [3.63, 3.8) is 0 Å². The van der Waals surface area contributed by atoms with E-state index < -0.39 is 0 Å². The Hall–Kier alpha value is -3.22. The van der Waals surface area contributed by atoms with Crippen LogP contribution in [0.5, 0.6) is 23.0 Å². The zero-order valence-electron chi connectivity index (χ0n) is 18.4. The summed E-state index contributed by atoms with van der Waals surface area (Å²) >= 11 is 0. The molecule has 1 heterocycles. The van der Waals surface area contributed by atoms with Crippen molar-refractivity contribution in [2.45, 2.75) is 32.1 Å². The summed E-state index contributed by atoms with van der Waals surface area (Å²) in [6.45, 7) is 1.09. The molecule has 1 aliphatic heterocycles. The van der Waals surface area contributed by atoms with Crippen LogP contribution in [0.1, 0.15) is 33.9 Å². The molecule has 3 aromatic carbocycles. The second kappa shape index (κ2) is 9.94. The van der Waals surface area contributed by atoms with Crippen LogP contribution in [0.4, 0.5) is 0 Å². The highest BCUT2D eigenvalue weighted by atomic mass is 16.5. The van der Waals surface area contributed by atoms with Gasteiger partial charge < -0.3 is 29.7 Å². The topological polar surface area (TPSA) is 80.2 Å². The van der Waals surface area contributed by atoms with Crippen LogP contribution in [0.15, 0.2) is 54.6 Å². The normalized spacial score (nSPS) is 15.2. The van der Waals surface area contributed by atoms with E-state index in [0.29, 0.717) is 30.1 Å². The Labute approximate surface area is 188 Å². The number of benzene rings is 3. The van der Waals surface area contributed by atoms with E-state index in [4.69, 9.17) is 14.2 Å². The zero-order chi connectivity index (χ0) is 22.5. The van der Waals surface area contributed by atoms with E-state index in [1.54, 1.807) is 13.2 Å². The number of phenolic OH excluding ortho intramolecular Hbond substituents is 1. The van der Waals surface area contributed by atoms with Crippen LogP contribution >= 0.6 is 0 Å². The lowest BCUT2D eigenvalue weighted by molar-refractivity contribution is 0.268. The molecule has 1 aliphatic rings. The number of ether oxygens (including phenoxy) is 3. The number of rotatable bonds is 8. The second-order valence-corrected chi connectivity index (χ2v) is 7.85. The highest BCUT2D eigenvalue weighted by molar-refractivity contribution is 5.52. The minimum atomic E-state index is -0.208. The summed E-state index contributed by atoms with van der Waals surface area (Å²) in [6, 6.07) is 17.6. The maximum absolute atomic E-state index is 10.1. The largest absolute Gasteiger partial charge is 0.504 e. The van der Waals surface area contributed by atoms with E-state index in [2.05, 4.69) is 17.4 Å². The first-order valence-electron chi connectivity index (χ1n) is 10.7. The number of fused-ring (bicyclic) bond motifs is 1. The minimum Gasteiger partial charge on any atom is -0.504 e. The van der Waals surface area contributed by atoms with Crippen molar-refractivity contribution in [3.05, 3.63) is 82.4 Å². The quantitative estimate of drug-likeness (QED) is 0.498. The molecule has 0 aliphatic carbocycles. The number of hydrogen-bond donors (Lipinski definition) is 3. The molecule has 168 valence electrons. The number of aliphatic hydroxyl groups excluding tert-OH is 1. The van der Waals surface area contributed by atoms with Crippen molar-refractivity contribution in [1.29, 1.82) is 0 Å². The Morgan fingerprint density at radius 3 is 2.53 bits per heavy atom.